The predicted octanol–water partition coefficient (Wildman–Crippen LogP) is 3.18. The Morgan fingerprint density at radius 1 is 1.22 bits per heavy atom. The molecule has 0 saturated carbocycles. The lowest BCUT2D eigenvalue weighted by atomic mass is 10.1. The second kappa shape index (κ2) is 6.46. The summed E-state index contributed by atoms with van der Waals surface area (Å²) in [5, 5.41) is 12.7. The Bertz CT molecular complexity index is 811. The molecule has 3 aromatic rings. The zero-order valence-corrected chi connectivity index (χ0v) is 12.7. The molecule has 116 valence electrons. The van der Waals surface area contributed by atoms with E-state index in [0.29, 0.717) is 16.8 Å². The maximum atomic E-state index is 12.5. The minimum absolute atomic E-state index is 0.222. The summed E-state index contributed by atoms with van der Waals surface area (Å²) in [6.45, 7) is 1.67. The van der Waals surface area contributed by atoms with Crippen LogP contribution in [0, 0.1) is 0 Å². The fourth-order valence-corrected chi connectivity index (χ4v) is 2.39. The fraction of sp³-hybridized carbons (Fsp3) is 0.111. The normalized spacial score (nSPS) is 11.9. The van der Waals surface area contributed by atoms with Gasteiger partial charge in [-0.1, -0.05) is 24.3 Å². The van der Waals surface area contributed by atoms with Gasteiger partial charge >= 0.3 is 0 Å². The third-order valence-electron chi connectivity index (χ3n) is 3.57. The summed E-state index contributed by atoms with van der Waals surface area (Å²) < 4.78 is 1.83. The molecule has 0 saturated heterocycles. The van der Waals surface area contributed by atoms with E-state index in [0.717, 1.165) is 5.69 Å². The molecule has 0 fully saturated rings. The lowest BCUT2D eigenvalue weighted by Crippen LogP contribution is -2.14. The number of hydrogen-bond acceptors (Lipinski definition) is 3. The van der Waals surface area contributed by atoms with E-state index in [9.17, 15) is 9.90 Å². The van der Waals surface area contributed by atoms with Crippen LogP contribution in [0.5, 0.6) is 0 Å². The molecule has 0 bridgehead atoms. The smallest absolute Gasteiger partial charge is 0.255 e. The van der Waals surface area contributed by atoms with Crippen LogP contribution in [-0.4, -0.2) is 20.6 Å². The topological polar surface area (TPSA) is 67.2 Å². The molecule has 1 heterocycles. The van der Waals surface area contributed by atoms with Crippen molar-refractivity contribution >= 4 is 11.6 Å². The van der Waals surface area contributed by atoms with Gasteiger partial charge in [-0.25, -0.2) is 4.98 Å². The molecule has 0 aliphatic carbocycles. The van der Waals surface area contributed by atoms with E-state index >= 15 is 0 Å². The average molecular weight is 307 g/mol. The highest BCUT2D eigenvalue weighted by Crippen LogP contribution is 2.23. The van der Waals surface area contributed by atoms with Gasteiger partial charge in [-0.3, -0.25) is 4.79 Å². The van der Waals surface area contributed by atoms with Crippen molar-refractivity contribution in [3.05, 3.63) is 78.4 Å². The first-order valence-corrected chi connectivity index (χ1v) is 7.32. The molecule has 1 aromatic heterocycles. The molecule has 5 heteroatoms. The molecule has 3 rings (SSSR count). The number of carbonyl (C=O) groups excluding carboxylic acids is 1. The van der Waals surface area contributed by atoms with Gasteiger partial charge in [-0.15, -0.1) is 0 Å². The molecular formula is C18H17N3O2. The highest BCUT2D eigenvalue weighted by Gasteiger charge is 2.12. The number of aromatic nitrogens is 2. The van der Waals surface area contributed by atoms with Gasteiger partial charge < -0.3 is 15.0 Å². The van der Waals surface area contributed by atoms with Gasteiger partial charge in [-0.2, -0.15) is 0 Å². The number of amides is 1. The van der Waals surface area contributed by atoms with E-state index in [-0.39, 0.29) is 5.91 Å². The highest BCUT2D eigenvalue weighted by molar-refractivity contribution is 6.05. The minimum atomic E-state index is -0.649. The quantitative estimate of drug-likeness (QED) is 0.778. The Balaban J connectivity index is 1.86. The molecule has 0 aliphatic rings. The first-order chi connectivity index (χ1) is 11.1. The predicted molar refractivity (Wildman–Crippen MR) is 88.6 cm³/mol. The average Bonchev–Trinajstić information content (AvgIpc) is 3.10. The zero-order chi connectivity index (χ0) is 16.2. The van der Waals surface area contributed by atoms with Crippen LogP contribution in [0.1, 0.15) is 28.9 Å². The molecule has 5 nitrogen and oxygen atoms in total. The first-order valence-electron chi connectivity index (χ1n) is 7.32. The molecular weight excluding hydrogens is 290 g/mol. The summed E-state index contributed by atoms with van der Waals surface area (Å²) in [6.07, 6.45) is 4.54. The lowest BCUT2D eigenvalue weighted by Gasteiger charge is -2.13. The number of nitrogens with one attached hydrogen (secondary N) is 1. The van der Waals surface area contributed by atoms with E-state index in [1.54, 1.807) is 43.7 Å². The zero-order valence-electron chi connectivity index (χ0n) is 12.7. The molecule has 1 atom stereocenters. The second-order valence-electron chi connectivity index (χ2n) is 5.24. The number of anilines is 1. The van der Waals surface area contributed by atoms with Crippen LogP contribution in [0.4, 0.5) is 5.69 Å². The van der Waals surface area contributed by atoms with Crippen molar-refractivity contribution in [2.24, 2.45) is 0 Å². The van der Waals surface area contributed by atoms with Crippen LogP contribution in [0.15, 0.2) is 67.3 Å². The fourth-order valence-electron chi connectivity index (χ4n) is 2.39. The molecule has 2 aromatic carbocycles. The van der Waals surface area contributed by atoms with Crippen molar-refractivity contribution in [1.82, 2.24) is 9.55 Å². The van der Waals surface area contributed by atoms with Gasteiger partial charge in [-0.05, 0) is 31.2 Å². The summed E-state index contributed by atoms with van der Waals surface area (Å²) in [5.41, 5.74) is 2.70. The molecule has 0 radical (unpaired) electrons. The summed E-state index contributed by atoms with van der Waals surface area (Å²) in [6, 6.07) is 14.5. The molecule has 1 unspecified atom stereocenters. The third kappa shape index (κ3) is 3.30. The molecule has 2 N–H and O–H groups in total. The number of hydrogen-bond donors (Lipinski definition) is 2. The maximum absolute atomic E-state index is 12.5. The number of carbonyl (C=O) groups is 1. The van der Waals surface area contributed by atoms with E-state index in [4.69, 9.17) is 0 Å². The van der Waals surface area contributed by atoms with Crippen molar-refractivity contribution in [2.75, 3.05) is 5.32 Å². The third-order valence-corrected chi connectivity index (χ3v) is 3.57. The van der Waals surface area contributed by atoms with Gasteiger partial charge in [0.05, 0.1) is 12.4 Å². The Labute approximate surface area is 134 Å². The summed E-state index contributed by atoms with van der Waals surface area (Å²) in [7, 11) is 0. The van der Waals surface area contributed by atoms with Crippen LogP contribution in [0.25, 0.3) is 5.69 Å². The first kappa shape index (κ1) is 15.0. The monoisotopic (exact) mass is 307 g/mol. The Kier molecular flexibility index (Phi) is 4.21. The van der Waals surface area contributed by atoms with E-state index in [1.165, 1.54) is 0 Å². The van der Waals surface area contributed by atoms with Crippen LogP contribution in [0.2, 0.25) is 0 Å². The van der Waals surface area contributed by atoms with Crippen LogP contribution in [-0.2, 0) is 0 Å². The molecule has 0 aliphatic heterocycles. The van der Waals surface area contributed by atoms with Gasteiger partial charge in [0.2, 0.25) is 0 Å². The number of nitrogens with zero attached hydrogens (tertiary/aromatic N) is 2. The van der Waals surface area contributed by atoms with Gasteiger partial charge in [0, 0.05) is 34.9 Å². The summed E-state index contributed by atoms with van der Waals surface area (Å²) in [4.78, 5) is 16.5. The number of imidazole rings is 1. The van der Waals surface area contributed by atoms with Crippen molar-refractivity contribution in [1.29, 1.82) is 0 Å². The van der Waals surface area contributed by atoms with E-state index in [2.05, 4.69) is 10.3 Å². The van der Waals surface area contributed by atoms with Crippen molar-refractivity contribution < 1.29 is 9.90 Å². The summed E-state index contributed by atoms with van der Waals surface area (Å²) >= 11 is 0. The number of rotatable bonds is 4. The number of aliphatic hydroxyl groups excluding tert-OH is 1. The van der Waals surface area contributed by atoms with Crippen molar-refractivity contribution in [2.45, 2.75) is 13.0 Å². The van der Waals surface area contributed by atoms with Gasteiger partial charge in [0.25, 0.3) is 5.91 Å². The standard InChI is InChI=1S/C18H17N3O2/c1-13(22)16-7-2-3-8-17(16)20-18(23)14-5-4-6-15(11-14)21-10-9-19-12-21/h2-13,22H,1H3,(H,20,23). The minimum Gasteiger partial charge on any atom is -0.389 e. The lowest BCUT2D eigenvalue weighted by molar-refractivity contribution is 0.102. The van der Waals surface area contributed by atoms with Crippen LogP contribution in [0.3, 0.4) is 0 Å². The highest BCUT2D eigenvalue weighted by atomic mass is 16.3. The van der Waals surface area contributed by atoms with Crippen LogP contribution >= 0.6 is 0 Å². The molecule has 0 spiro atoms. The van der Waals surface area contributed by atoms with Crippen LogP contribution < -0.4 is 5.32 Å². The molecule has 23 heavy (non-hydrogen) atoms. The summed E-state index contributed by atoms with van der Waals surface area (Å²) in [5.74, 6) is -0.222. The number of benzene rings is 2. The largest absolute Gasteiger partial charge is 0.389 e. The second-order valence-corrected chi connectivity index (χ2v) is 5.24. The van der Waals surface area contributed by atoms with Gasteiger partial charge in [0.15, 0.2) is 0 Å². The van der Waals surface area contributed by atoms with E-state index < -0.39 is 6.10 Å². The van der Waals surface area contributed by atoms with Gasteiger partial charge in [0.1, 0.15) is 0 Å². The van der Waals surface area contributed by atoms with Crippen molar-refractivity contribution in [3.63, 3.8) is 0 Å². The molecule has 1 amide bonds. The number of para-hydroxylation sites is 1. The SMILES string of the molecule is CC(O)c1ccccc1NC(=O)c1cccc(-n2ccnc2)c1. The number of aliphatic hydroxyl groups is 1. The Morgan fingerprint density at radius 3 is 2.78 bits per heavy atom. The maximum Gasteiger partial charge on any atom is 0.255 e. The Hall–Kier alpha value is -2.92. The van der Waals surface area contributed by atoms with Crippen molar-refractivity contribution in [3.8, 4) is 5.69 Å². The van der Waals surface area contributed by atoms with E-state index in [1.807, 2.05) is 35.0 Å². The Morgan fingerprint density at radius 2 is 2.04 bits per heavy atom.